The molecular weight excluding hydrogens is 531 g/mol. The summed E-state index contributed by atoms with van der Waals surface area (Å²) in [5, 5.41) is 10.3. The van der Waals surface area contributed by atoms with Crippen LogP contribution in [0.25, 0.3) is 22.0 Å². The van der Waals surface area contributed by atoms with Crippen molar-refractivity contribution < 1.29 is 13.9 Å². The van der Waals surface area contributed by atoms with Gasteiger partial charge in [0.1, 0.15) is 12.4 Å². The van der Waals surface area contributed by atoms with Gasteiger partial charge in [-0.2, -0.15) is 15.2 Å². The highest BCUT2D eigenvalue weighted by Gasteiger charge is 2.33. The maximum Gasteiger partial charge on any atom is 0.319 e. The normalized spacial score (nSPS) is 22.3. The maximum absolute atomic E-state index is 13.8. The highest BCUT2D eigenvalue weighted by atomic mass is 19.1. The van der Waals surface area contributed by atoms with E-state index >= 15 is 0 Å². The summed E-state index contributed by atoms with van der Waals surface area (Å²) in [7, 11) is 2.11. The molecule has 9 heteroatoms. The van der Waals surface area contributed by atoms with Crippen molar-refractivity contribution in [2.45, 2.75) is 57.0 Å². The first kappa shape index (κ1) is 28.1. The number of halogens is 1. The summed E-state index contributed by atoms with van der Waals surface area (Å²) in [5.41, 5.74) is 5.96. The number of rotatable bonds is 7. The Hall–Kier alpha value is -4.03. The number of likely N-dealkylation sites (N-methyl/N-ethyl adjacent to an activating group) is 1. The molecule has 3 atom stereocenters. The highest BCUT2D eigenvalue weighted by Crippen LogP contribution is 2.41. The third-order valence-corrected chi connectivity index (χ3v) is 9.18. The predicted molar refractivity (Wildman–Crippen MR) is 161 cm³/mol. The number of anilines is 1. The van der Waals surface area contributed by atoms with Gasteiger partial charge in [-0.1, -0.05) is 37.8 Å². The lowest BCUT2D eigenvalue weighted by molar-refractivity contribution is -0.131. The SMILES string of the molecule is C=C(F)C(=O)N1CCN(c2nc(OC[C@@H]3CCCN3C)nc3cc(-c4cccc5c4C(C)CC5)ccc23)C[C@@H]1CC#N. The van der Waals surface area contributed by atoms with E-state index < -0.39 is 17.8 Å². The molecule has 2 saturated heterocycles. The topological polar surface area (TPSA) is 85.6 Å². The number of carbonyl (C=O) groups excluding carboxylic acids is 1. The molecule has 2 aliphatic heterocycles. The minimum Gasteiger partial charge on any atom is -0.462 e. The first-order valence-corrected chi connectivity index (χ1v) is 14.9. The summed E-state index contributed by atoms with van der Waals surface area (Å²) in [4.78, 5) is 28.0. The number of fused-ring (bicyclic) bond motifs is 2. The largest absolute Gasteiger partial charge is 0.462 e. The average molecular weight is 569 g/mol. The Kier molecular flexibility index (Phi) is 7.82. The van der Waals surface area contributed by atoms with Crippen LogP contribution in [0.5, 0.6) is 6.01 Å². The highest BCUT2D eigenvalue weighted by molar-refractivity contribution is 5.94. The zero-order valence-corrected chi connectivity index (χ0v) is 24.4. The van der Waals surface area contributed by atoms with Crippen molar-refractivity contribution in [3.05, 3.63) is 59.9 Å². The van der Waals surface area contributed by atoms with E-state index in [0.29, 0.717) is 43.5 Å². The average Bonchev–Trinajstić information content (AvgIpc) is 3.59. The Labute approximate surface area is 246 Å². The second-order valence-corrected chi connectivity index (χ2v) is 11.8. The Morgan fingerprint density at radius 1 is 1.17 bits per heavy atom. The second kappa shape index (κ2) is 11.7. The fourth-order valence-electron chi connectivity index (χ4n) is 6.86. The molecule has 42 heavy (non-hydrogen) atoms. The number of nitrogens with zero attached hydrogens (tertiary/aromatic N) is 6. The van der Waals surface area contributed by atoms with Crippen LogP contribution < -0.4 is 9.64 Å². The molecule has 2 aromatic carbocycles. The molecule has 3 heterocycles. The van der Waals surface area contributed by atoms with E-state index in [9.17, 15) is 14.4 Å². The molecule has 1 amide bonds. The molecule has 0 radical (unpaired) electrons. The molecule has 1 aromatic heterocycles. The summed E-state index contributed by atoms with van der Waals surface area (Å²) < 4.78 is 20.0. The van der Waals surface area contributed by atoms with Gasteiger partial charge in [0.15, 0.2) is 5.83 Å². The molecule has 8 nitrogen and oxygen atoms in total. The van der Waals surface area contributed by atoms with Gasteiger partial charge in [-0.05, 0) is 79.6 Å². The summed E-state index contributed by atoms with van der Waals surface area (Å²) in [6.07, 6.45) is 4.56. The molecule has 218 valence electrons. The maximum atomic E-state index is 13.8. The number of piperazine rings is 1. The van der Waals surface area contributed by atoms with Crippen LogP contribution in [0.1, 0.15) is 49.7 Å². The van der Waals surface area contributed by atoms with Gasteiger partial charge in [0.25, 0.3) is 5.91 Å². The molecule has 0 spiro atoms. The molecule has 2 fully saturated rings. The van der Waals surface area contributed by atoms with Gasteiger partial charge in [-0.25, -0.2) is 4.39 Å². The van der Waals surface area contributed by atoms with Gasteiger partial charge in [0.2, 0.25) is 0 Å². The fraction of sp³-hybridized carbons (Fsp3) is 0.455. The number of likely N-dealkylation sites (tertiary alicyclic amines) is 1. The molecule has 1 unspecified atom stereocenters. The van der Waals surface area contributed by atoms with E-state index in [1.54, 1.807) is 0 Å². The predicted octanol–water partition coefficient (Wildman–Crippen LogP) is 5.23. The number of hydrogen-bond acceptors (Lipinski definition) is 7. The van der Waals surface area contributed by atoms with Crippen LogP contribution in [-0.4, -0.2) is 77.6 Å². The monoisotopic (exact) mass is 568 g/mol. The van der Waals surface area contributed by atoms with E-state index in [-0.39, 0.29) is 13.0 Å². The molecule has 0 saturated carbocycles. The third-order valence-electron chi connectivity index (χ3n) is 9.18. The van der Waals surface area contributed by atoms with Gasteiger partial charge in [-0.15, -0.1) is 0 Å². The van der Waals surface area contributed by atoms with E-state index in [1.807, 2.05) is 0 Å². The zero-order valence-electron chi connectivity index (χ0n) is 24.4. The number of carbonyl (C=O) groups is 1. The summed E-state index contributed by atoms with van der Waals surface area (Å²) in [6, 6.07) is 15.2. The number of amides is 1. The standard InChI is InChI=1S/C33H37FN6O2/c1-21-9-10-23-6-4-8-27(30(21)23)24-11-12-28-29(18-24)36-33(42-20-26-7-5-15-38(26)3)37-31(28)39-16-17-40(32(41)22(2)34)25(19-39)13-14-35/h4,6,8,11-12,18,21,25-26H,2,5,7,9-10,13,15-17,19-20H2,1,3H3/t21?,25-,26-/m0/s1. The van der Waals surface area contributed by atoms with Gasteiger partial charge in [-0.3, -0.25) is 4.79 Å². The smallest absolute Gasteiger partial charge is 0.319 e. The number of hydrogen-bond donors (Lipinski definition) is 0. The minimum atomic E-state index is -1.01. The molecule has 0 bridgehead atoms. The van der Waals surface area contributed by atoms with Gasteiger partial charge >= 0.3 is 6.01 Å². The molecular formula is C33H37FN6O2. The summed E-state index contributed by atoms with van der Waals surface area (Å²) >= 11 is 0. The lowest BCUT2D eigenvalue weighted by atomic mass is 9.92. The van der Waals surface area contributed by atoms with Gasteiger partial charge in [0, 0.05) is 31.1 Å². The second-order valence-electron chi connectivity index (χ2n) is 11.8. The van der Waals surface area contributed by atoms with Crippen LogP contribution in [0.3, 0.4) is 0 Å². The van der Waals surface area contributed by atoms with Crippen LogP contribution in [-0.2, 0) is 11.2 Å². The summed E-state index contributed by atoms with van der Waals surface area (Å²) in [6.45, 7) is 8.06. The quantitative estimate of drug-likeness (QED) is 0.361. The Morgan fingerprint density at radius 3 is 2.79 bits per heavy atom. The number of aryl methyl sites for hydroxylation is 1. The van der Waals surface area contributed by atoms with Crippen molar-refractivity contribution in [1.29, 1.82) is 5.26 Å². The third kappa shape index (κ3) is 5.32. The summed E-state index contributed by atoms with van der Waals surface area (Å²) in [5.74, 6) is -0.573. The zero-order chi connectivity index (χ0) is 29.4. The van der Waals surface area contributed by atoms with Gasteiger partial charge < -0.3 is 19.4 Å². The fourth-order valence-corrected chi connectivity index (χ4v) is 6.86. The van der Waals surface area contributed by atoms with E-state index in [2.05, 4.69) is 72.8 Å². The number of ether oxygens (including phenoxy) is 1. The van der Waals surface area contributed by atoms with Crippen LogP contribution in [0.2, 0.25) is 0 Å². The van der Waals surface area contributed by atoms with Crippen LogP contribution in [0.4, 0.5) is 10.2 Å². The van der Waals surface area contributed by atoms with Crippen molar-refractivity contribution >= 4 is 22.6 Å². The van der Waals surface area contributed by atoms with Gasteiger partial charge in [0.05, 0.1) is 24.0 Å². The lowest BCUT2D eigenvalue weighted by Crippen LogP contribution is -2.55. The molecule has 3 aliphatic rings. The lowest BCUT2D eigenvalue weighted by Gasteiger charge is -2.41. The van der Waals surface area contributed by atoms with Crippen molar-refractivity contribution in [3.63, 3.8) is 0 Å². The number of benzene rings is 2. The van der Waals surface area contributed by atoms with Crippen molar-refractivity contribution in [3.8, 4) is 23.2 Å². The Bertz CT molecular complexity index is 1570. The molecule has 6 rings (SSSR count). The first-order valence-electron chi connectivity index (χ1n) is 14.9. The Balaban J connectivity index is 1.39. The molecule has 3 aromatic rings. The Morgan fingerprint density at radius 2 is 2.02 bits per heavy atom. The van der Waals surface area contributed by atoms with E-state index in [0.717, 1.165) is 48.7 Å². The van der Waals surface area contributed by atoms with E-state index in [4.69, 9.17) is 14.7 Å². The van der Waals surface area contributed by atoms with Crippen molar-refractivity contribution in [2.75, 3.05) is 44.7 Å². The number of aromatic nitrogens is 2. The minimum absolute atomic E-state index is 0.0807. The molecule has 1 aliphatic carbocycles. The van der Waals surface area contributed by atoms with Crippen molar-refractivity contribution in [1.82, 2.24) is 19.8 Å². The first-order chi connectivity index (χ1) is 20.3. The van der Waals surface area contributed by atoms with Crippen molar-refractivity contribution in [2.24, 2.45) is 0 Å². The number of nitriles is 1. The van der Waals surface area contributed by atoms with E-state index in [1.165, 1.54) is 21.6 Å². The van der Waals surface area contributed by atoms with Crippen LogP contribution >= 0.6 is 0 Å². The molecule has 0 N–H and O–H groups in total. The van der Waals surface area contributed by atoms with Crippen LogP contribution in [0, 0.1) is 11.3 Å². The van der Waals surface area contributed by atoms with Crippen LogP contribution in [0.15, 0.2) is 48.8 Å².